The monoisotopic (exact) mass is 277 g/mol. The molecule has 0 saturated heterocycles. The van der Waals surface area contributed by atoms with E-state index in [2.05, 4.69) is 44.3 Å². The van der Waals surface area contributed by atoms with Crippen LogP contribution in [0.1, 0.15) is 25.0 Å². The number of nitrogens with zero attached hydrogens (tertiary/aromatic N) is 3. The van der Waals surface area contributed by atoms with Crippen LogP contribution in [0.4, 0.5) is 0 Å². The molecule has 1 aromatic heterocycles. The van der Waals surface area contributed by atoms with Crippen LogP contribution in [0.2, 0.25) is 0 Å². The van der Waals surface area contributed by atoms with Crippen molar-refractivity contribution in [2.24, 2.45) is 0 Å². The first-order valence-corrected chi connectivity index (χ1v) is 5.61. The van der Waals surface area contributed by atoms with Gasteiger partial charge in [-0.3, -0.25) is 0 Å². The van der Waals surface area contributed by atoms with Gasteiger partial charge in [-0.1, -0.05) is 29.5 Å². The van der Waals surface area contributed by atoms with Crippen LogP contribution in [0, 0.1) is 0 Å². The van der Waals surface area contributed by atoms with Crippen molar-refractivity contribution in [1.29, 1.82) is 0 Å². The summed E-state index contributed by atoms with van der Waals surface area (Å²) in [5.41, 5.74) is 0. The molecule has 12 heavy (non-hydrogen) atoms. The van der Waals surface area contributed by atoms with Gasteiger partial charge < -0.3 is 4.57 Å². The van der Waals surface area contributed by atoms with Crippen LogP contribution in [0.15, 0.2) is 0 Å². The zero-order valence-corrected chi connectivity index (χ0v) is 9.28. The van der Waals surface area contributed by atoms with E-state index >= 15 is 0 Å². The van der Waals surface area contributed by atoms with Crippen LogP contribution < -0.4 is 0 Å². The molecule has 2 rings (SSSR count). The highest BCUT2D eigenvalue weighted by atomic mass is 127. The molecule has 0 N–H and O–H groups in total. The maximum atomic E-state index is 4.19. The molecule has 0 aromatic carbocycles. The number of alkyl halides is 1. The fourth-order valence-corrected chi connectivity index (χ4v) is 2.28. The molecule has 0 bridgehead atoms. The van der Waals surface area contributed by atoms with Gasteiger partial charge in [-0.2, -0.15) is 0 Å². The number of halogens is 1. The largest absolute Gasteiger partial charge is 0.315 e. The van der Waals surface area contributed by atoms with Crippen molar-refractivity contribution < 1.29 is 0 Å². The van der Waals surface area contributed by atoms with Gasteiger partial charge in [-0.05, 0) is 6.42 Å². The first-order chi connectivity index (χ1) is 5.81. The van der Waals surface area contributed by atoms with Gasteiger partial charge in [0.25, 0.3) is 0 Å². The highest BCUT2D eigenvalue weighted by Crippen LogP contribution is 2.20. The van der Waals surface area contributed by atoms with E-state index in [1.165, 1.54) is 12.2 Å². The van der Waals surface area contributed by atoms with Gasteiger partial charge in [-0.25, -0.2) is 0 Å². The van der Waals surface area contributed by atoms with Gasteiger partial charge in [0.1, 0.15) is 11.6 Å². The molecular weight excluding hydrogens is 265 g/mol. The maximum Gasteiger partial charge on any atom is 0.134 e. The van der Waals surface area contributed by atoms with Gasteiger partial charge in [0.15, 0.2) is 0 Å². The van der Waals surface area contributed by atoms with Crippen molar-refractivity contribution in [1.82, 2.24) is 14.8 Å². The quantitative estimate of drug-likeness (QED) is 0.576. The van der Waals surface area contributed by atoms with Gasteiger partial charge in [-0.15, -0.1) is 10.2 Å². The zero-order chi connectivity index (χ0) is 8.55. The average Bonchev–Trinajstić information content (AvgIpc) is 2.46. The van der Waals surface area contributed by atoms with Crippen molar-refractivity contribution in [3.8, 4) is 0 Å². The first-order valence-electron chi connectivity index (χ1n) is 4.36. The lowest BCUT2D eigenvalue weighted by Crippen LogP contribution is -2.20. The number of aryl methyl sites for hydroxylation is 1. The molecule has 1 unspecified atom stereocenters. The lowest BCUT2D eigenvalue weighted by molar-refractivity contribution is 0.528. The highest BCUT2D eigenvalue weighted by Gasteiger charge is 2.19. The Balaban J connectivity index is 2.32. The predicted octanol–water partition coefficient (Wildman–Crippen LogP) is 1.59. The van der Waals surface area contributed by atoms with E-state index in [9.17, 15) is 0 Å². The standard InChI is InChI=1S/C8H12IN3/c1-2-7-10-11-8-5-6(9)3-4-12(7)8/h6H,2-5H2,1H3. The third-order valence-electron chi connectivity index (χ3n) is 2.29. The molecule has 0 spiro atoms. The second-order valence-electron chi connectivity index (χ2n) is 3.13. The molecule has 0 amide bonds. The van der Waals surface area contributed by atoms with Crippen molar-refractivity contribution in [2.45, 2.75) is 36.7 Å². The summed E-state index contributed by atoms with van der Waals surface area (Å²) in [6.07, 6.45) is 3.35. The van der Waals surface area contributed by atoms with E-state index < -0.39 is 0 Å². The molecule has 66 valence electrons. The van der Waals surface area contributed by atoms with Gasteiger partial charge >= 0.3 is 0 Å². The zero-order valence-electron chi connectivity index (χ0n) is 7.13. The molecule has 1 atom stereocenters. The van der Waals surface area contributed by atoms with Gasteiger partial charge in [0, 0.05) is 23.3 Å². The Morgan fingerprint density at radius 2 is 2.42 bits per heavy atom. The molecule has 0 radical (unpaired) electrons. The van der Waals surface area contributed by atoms with Crippen LogP contribution in [-0.2, 0) is 19.4 Å². The first kappa shape index (κ1) is 8.47. The molecule has 1 aliphatic rings. The number of rotatable bonds is 1. The van der Waals surface area contributed by atoms with E-state index in [0.29, 0.717) is 0 Å². The molecule has 0 fully saturated rings. The number of fused-ring (bicyclic) bond motifs is 1. The smallest absolute Gasteiger partial charge is 0.134 e. The Morgan fingerprint density at radius 3 is 3.17 bits per heavy atom. The average molecular weight is 277 g/mol. The predicted molar refractivity (Wildman–Crippen MR) is 55.5 cm³/mol. The summed E-state index contributed by atoms with van der Waals surface area (Å²) in [4.78, 5) is 0. The summed E-state index contributed by atoms with van der Waals surface area (Å²) >= 11 is 2.49. The third-order valence-corrected chi connectivity index (χ3v) is 3.35. The second kappa shape index (κ2) is 3.32. The summed E-state index contributed by atoms with van der Waals surface area (Å²) in [5.74, 6) is 2.32. The topological polar surface area (TPSA) is 30.7 Å². The van der Waals surface area contributed by atoms with Crippen LogP contribution in [0.25, 0.3) is 0 Å². The fourth-order valence-electron chi connectivity index (χ4n) is 1.61. The molecule has 0 saturated carbocycles. The van der Waals surface area contributed by atoms with E-state index in [1.807, 2.05) is 0 Å². The summed E-state index contributed by atoms with van der Waals surface area (Å²) in [6.45, 7) is 3.24. The second-order valence-corrected chi connectivity index (χ2v) is 4.89. The van der Waals surface area contributed by atoms with E-state index in [0.717, 1.165) is 29.1 Å². The fraction of sp³-hybridized carbons (Fsp3) is 0.750. The Hall–Kier alpha value is -0.130. The molecule has 4 heteroatoms. The van der Waals surface area contributed by atoms with Crippen LogP contribution >= 0.6 is 22.6 Å². The van der Waals surface area contributed by atoms with E-state index in [-0.39, 0.29) is 0 Å². The lowest BCUT2D eigenvalue weighted by Gasteiger charge is -2.18. The van der Waals surface area contributed by atoms with Crippen molar-refractivity contribution in [3.05, 3.63) is 11.6 Å². The summed E-state index contributed by atoms with van der Waals surface area (Å²) < 4.78 is 3.03. The lowest BCUT2D eigenvalue weighted by atomic mass is 10.1. The van der Waals surface area contributed by atoms with Crippen molar-refractivity contribution in [2.75, 3.05) is 0 Å². The Morgan fingerprint density at radius 1 is 1.58 bits per heavy atom. The molecule has 2 heterocycles. The van der Waals surface area contributed by atoms with Crippen LogP contribution in [0.5, 0.6) is 0 Å². The van der Waals surface area contributed by atoms with Gasteiger partial charge in [0.05, 0.1) is 0 Å². The molecule has 1 aromatic rings. The maximum absolute atomic E-state index is 4.19. The Kier molecular flexibility index (Phi) is 2.34. The summed E-state index contributed by atoms with van der Waals surface area (Å²) in [6, 6.07) is 0. The molecule has 3 nitrogen and oxygen atoms in total. The Bertz CT molecular complexity index is 282. The molecule has 0 aliphatic carbocycles. The minimum Gasteiger partial charge on any atom is -0.315 e. The van der Waals surface area contributed by atoms with Gasteiger partial charge in [0.2, 0.25) is 0 Å². The third kappa shape index (κ3) is 1.36. The summed E-state index contributed by atoms with van der Waals surface area (Å²) in [7, 11) is 0. The summed E-state index contributed by atoms with van der Waals surface area (Å²) in [5, 5.41) is 8.35. The van der Waals surface area contributed by atoms with Crippen LogP contribution in [0.3, 0.4) is 0 Å². The minimum atomic E-state index is 0.754. The van der Waals surface area contributed by atoms with Crippen LogP contribution in [-0.4, -0.2) is 18.7 Å². The normalized spacial score (nSPS) is 22.3. The highest BCUT2D eigenvalue weighted by molar-refractivity contribution is 14.1. The number of hydrogen-bond acceptors (Lipinski definition) is 2. The number of aromatic nitrogens is 3. The SMILES string of the molecule is CCc1nnc2n1CCC(I)C2. The van der Waals surface area contributed by atoms with Crippen molar-refractivity contribution >= 4 is 22.6 Å². The van der Waals surface area contributed by atoms with E-state index in [4.69, 9.17) is 0 Å². The molecule has 1 aliphatic heterocycles. The number of hydrogen-bond donors (Lipinski definition) is 0. The molecular formula is C8H12IN3. The van der Waals surface area contributed by atoms with Crippen molar-refractivity contribution in [3.63, 3.8) is 0 Å². The van der Waals surface area contributed by atoms with E-state index in [1.54, 1.807) is 0 Å². The Labute approximate surface area is 85.7 Å². The minimum absolute atomic E-state index is 0.754.